The van der Waals surface area contributed by atoms with E-state index in [0.717, 1.165) is 54.4 Å². The molecule has 0 unspecified atom stereocenters. The van der Waals surface area contributed by atoms with Crippen molar-refractivity contribution in [1.82, 2.24) is 15.2 Å². The Hall–Kier alpha value is -0.980. The van der Waals surface area contributed by atoms with Gasteiger partial charge in [-0.15, -0.1) is 11.3 Å². The number of nitrogens with one attached hydrogen (secondary N) is 1. The number of amides is 1. The normalized spacial score (nSPS) is 28.7. The van der Waals surface area contributed by atoms with Crippen LogP contribution >= 0.6 is 11.3 Å². The van der Waals surface area contributed by atoms with Crippen molar-refractivity contribution in [1.29, 1.82) is 0 Å². The van der Waals surface area contributed by atoms with Gasteiger partial charge in [0.25, 0.3) is 0 Å². The Kier molecular flexibility index (Phi) is 5.89. The van der Waals surface area contributed by atoms with Crippen LogP contribution in [0.1, 0.15) is 54.1 Å². The molecule has 1 aliphatic heterocycles. The minimum absolute atomic E-state index is 0.00729. The quantitative estimate of drug-likeness (QED) is 0.816. The molecule has 3 atom stereocenters. The standard InChI is InChI=1S/C18H29N3O2S/c1-12-16(24-13(2)19-12)11-17(22)20-14-7-3-4-8-15(18(14)23)21-9-5-6-10-21/h14-15,18,23H,3-11H2,1-2H3,(H,20,22)/t14-,15-,18-/m1/s1. The van der Waals surface area contributed by atoms with E-state index in [4.69, 9.17) is 0 Å². The largest absolute Gasteiger partial charge is 0.389 e. The van der Waals surface area contributed by atoms with Gasteiger partial charge >= 0.3 is 0 Å². The number of carbonyl (C=O) groups excluding carboxylic acids is 1. The molecule has 2 heterocycles. The van der Waals surface area contributed by atoms with Gasteiger partial charge in [-0.3, -0.25) is 9.69 Å². The number of hydrogen-bond donors (Lipinski definition) is 2. The van der Waals surface area contributed by atoms with Crippen molar-refractivity contribution in [2.45, 2.75) is 77.0 Å². The molecule has 134 valence electrons. The Bertz CT molecular complexity index is 569. The number of aliphatic hydroxyl groups excluding tert-OH is 1. The van der Waals surface area contributed by atoms with Gasteiger partial charge in [0, 0.05) is 10.9 Å². The summed E-state index contributed by atoms with van der Waals surface area (Å²) >= 11 is 1.59. The highest BCUT2D eigenvalue weighted by Gasteiger charge is 2.35. The molecule has 2 fully saturated rings. The van der Waals surface area contributed by atoms with Crippen molar-refractivity contribution >= 4 is 17.2 Å². The van der Waals surface area contributed by atoms with Crippen molar-refractivity contribution in [3.8, 4) is 0 Å². The van der Waals surface area contributed by atoms with Gasteiger partial charge in [0.15, 0.2) is 0 Å². The van der Waals surface area contributed by atoms with E-state index < -0.39 is 6.10 Å². The van der Waals surface area contributed by atoms with Crippen LogP contribution in [-0.2, 0) is 11.2 Å². The summed E-state index contributed by atoms with van der Waals surface area (Å²) in [6.07, 6.45) is 6.49. The molecule has 1 aromatic rings. The SMILES string of the molecule is Cc1nc(C)c(CC(=O)N[C@@H]2CCCC[C@@H](N3CCCC3)[C@@H]2O)s1. The van der Waals surface area contributed by atoms with E-state index in [0.29, 0.717) is 6.42 Å². The molecule has 1 amide bonds. The maximum atomic E-state index is 12.5. The summed E-state index contributed by atoms with van der Waals surface area (Å²) in [6.45, 7) is 6.09. The third-order valence-electron chi connectivity index (χ3n) is 5.35. The van der Waals surface area contributed by atoms with Crippen LogP contribution in [0.3, 0.4) is 0 Å². The lowest BCUT2D eigenvalue weighted by atomic mass is 10.00. The third-order valence-corrected chi connectivity index (χ3v) is 6.42. The molecule has 2 aliphatic rings. The lowest BCUT2D eigenvalue weighted by molar-refractivity contribution is -0.122. The highest BCUT2D eigenvalue weighted by atomic mass is 32.1. The van der Waals surface area contributed by atoms with Crippen molar-refractivity contribution < 1.29 is 9.90 Å². The first-order valence-corrected chi connectivity index (χ1v) is 10.0. The van der Waals surface area contributed by atoms with E-state index in [1.165, 1.54) is 12.8 Å². The second-order valence-corrected chi connectivity index (χ2v) is 8.47. The number of aliphatic hydroxyl groups is 1. The predicted octanol–water partition coefficient (Wildman–Crippen LogP) is 2.19. The highest BCUT2D eigenvalue weighted by Crippen LogP contribution is 2.26. The maximum Gasteiger partial charge on any atom is 0.225 e. The first kappa shape index (κ1) is 17.8. The molecule has 3 rings (SSSR count). The van der Waals surface area contributed by atoms with E-state index in [1.54, 1.807) is 11.3 Å². The second kappa shape index (κ2) is 7.93. The highest BCUT2D eigenvalue weighted by molar-refractivity contribution is 7.11. The van der Waals surface area contributed by atoms with E-state index in [9.17, 15) is 9.90 Å². The van der Waals surface area contributed by atoms with Crippen LogP contribution in [0, 0.1) is 13.8 Å². The van der Waals surface area contributed by atoms with Crippen LogP contribution in [0.15, 0.2) is 0 Å². The summed E-state index contributed by atoms with van der Waals surface area (Å²) < 4.78 is 0. The van der Waals surface area contributed by atoms with Crippen molar-refractivity contribution in [2.75, 3.05) is 13.1 Å². The van der Waals surface area contributed by atoms with Crippen LogP contribution in [-0.4, -0.2) is 52.2 Å². The first-order valence-electron chi connectivity index (χ1n) is 9.19. The molecule has 6 heteroatoms. The summed E-state index contributed by atoms with van der Waals surface area (Å²) in [5, 5.41) is 15.0. The van der Waals surface area contributed by atoms with Crippen molar-refractivity contribution in [3.63, 3.8) is 0 Å². The molecule has 0 spiro atoms. The Morgan fingerprint density at radius 1 is 1.25 bits per heavy atom. The monoisotopic (exact) mass is 351 g/mol. The molecule has 1 aromatic heterocycles. The Balaban J connectivity index is 1.61. The summed E-state index contributed by atoms with van der Waals surface area (Å²) in [7, 11) is 0. The smallest absolute Gasteiger partial charge is 0.225 e. The molecule has 2 N–H and O–H groups in total. The number of aryl methyl sites for hydroxylation is 2. The van der Waals surface area contributed by atoms with E-state index in [2.05, 4.69) is 15.2 Å². The predicted molar refractivity (Wildman–Crippen MR) is 96.3 cm³/mol. The summed E-state index contributed by atoms with van der Waals surface area (Å²) in [5.41, 5.74) is 0.948. The molecule has 1 saturated carbocycles. The number of aromatic nitrogens is 1. The number of thiazole rings is 1. The van der Waals surface area contributed by atoms with Gasteiger partial charge in [0.05, 0.1) is 29.3 Å². The lowest BCUT2D eigenvalue weighted by Gasteiger charge is -2.34. The number of hydrogen-bond acceptors (Lipinski definition) is 5. The average molecular weight is 352 g/mol. The van der Waals surface area contributed by atoms with Gasteiger partial charge in [-0.2, -0.15) is 0 Å². The van der Waals surface area contributed by atoms with Gasteiger partial charge in [-0.25, -0.2) is 4.98 Å². The molecule has 5 nitrogen and oxygen atoms in total. The molecular weight excluding hydrogens is 322 g/mol. The molecule has 0 aromatic carbocycles. The maximum absolute atomic E-state index is 12.5. The fourth-order valence-corrected chi connectivity index (χ4v) is 5.03. The minimum atomic E-state index is -0.459. The number of rotatable bonds is 4. The van der Waals surface area contributed by atoms with Crippen molar-refractivity contribution in [3.05, 3.63) is 15.6 Å². The van der Waals surface area contributed by atoms with Crippen LogP contribution < -0.4 is 5.32 Å². The Morgan fingerprint density at radius 2 is 1.96 bits per heavy atom. The van der Waals surface area contributed by atoms with Gasteiger partial charge in [-0.1, -0.05) is 12.8 Å². The molecule has 1 aliphatic carbocycles. The Morgan fingerprint density at radius 3 is 2.62 bits per heavy atom. The molecular formula is C18H29N3O2S. The third kappa shape index (κ3) is 4.16. The zero-order valence-electron chi connectivity index (χ0n) is 14.8. The van der Waals surface area contributed by atoms with Gasteiger partial charge in [-0.05, 0) is 52.6 Å². The van der Waals surface area contributed by atoms with Crippen LogP contribution in [0.2, 0.25) is 0 Å². The number of likely N-dealkylation sites (tertiary alicyclic amines) is 1. The zero-order valence-corrected chi connectivity index (χ0v) is 15.6. The second-order valence-electron chi connectivity index (χ2n) is 7.18. The lowest BCUT2D eigenvalue weighted by Crippen LogP contribution is -2.52. The van der Waals surface area contributed by atoms with E-state index >= 15 is 0 Å². The number of nitrogens with zero attached hydrogens (tertiary/aromatic N) is 2. The molecule has 24 heavy (non-hydrogen) atoms. The van der Waals surface area contributed by atoms with E-state index in [1.807, 2.05) is 13.8 Å². The van der Waals surface area contributed by atoms with Gasteiger partial charge in [0.2, 0.25) is 5.91 Å². The van der Waals surface area contributed by atoms with Crippen LogP contribution in [0.25, 0.3) is 0 Å². The zero-order chi connectivity index (χ0) is 17.1. The molecule has 0 radical (unpaired) electrons. The number of carbonyl (C=O) groups is 1. The van der Waals surface area contributed by atoms with Gasteiger partial charge in [0.1, 0.15) is 0 Å². The molecule has 1 saturated heterocycles. The van der Waals surface area contributed by atoms with Crippen LogP contribution in [0.5, 0.6) is 0 Å². The van der Waals surface area contributed by atoms with E-state index in [-0.39, 0.29) is 18.0 Å². The van der Waals surface area contributed by atoms with Crippen LogP contribution in [0.4, 0.5) is 0 Å². The minimum Gasteiger partial charge on any atom is -0.389 e. The summed E-state index contributed by atoms with van der Waals surface area (Å²) in [6, 6.07) is 0.0765. The summed E-state index contributed by atoms with van der Waals surface area (Å²) in [4.78, 5) is 20.3. The fraction of sp³-hybridized carbons (Fsp3) is 0.778. The topological polar surface area (TPSA) is 65.5 Å². The van der Waals surface area contributed by atoms with Crippen molar-refractivity contribution in [2.24, 2.45) is 0 Å². The molecule has 0 bridgehead atoms. The summed E-state index contributed by atoms with van der Waals surface area (Å²) in [5.74, 6) is 0.00729. The first-order chi connectivity index (χ1) is 11.5. The Labute approximate surface area is 148 Å². The fourth-order valence-electron chi connectivity index (χ4n) is 4.10. The van der Waals surface area contributed by atoms with Gasteiger partial charge < -0.3 is 10.4 Å². The average Bonchev–Trinajstić information content (AvgIpc) is 3.12.